The van der Waals surface area contributed by atoms with Crippen molar-refractivity contribution in [2.75, 3.05) is 11.9 Å². The molecule has 0 unspecified atom stereocenters. The van der Waals surface area contributed by atoms with Crippen LogP contribution in [0.15, 0.2) is 83.0 Å². The Morgan fingerprint density at radius 1 is 0.852 bits per heavy atom. The monoisotopic (exact) mass is 399 g/mol. The third-order valence-corrected chi connectivity index (χ3v) is 3.83. The summed E-state index contributed by atoms with van der Waals surface area (Å²) >= 11 is 11.8. The third-order valence-electron chi connectivity index (χ3n) is 3.39. The zero-order valence-corrected chi connectivity index (χ0v) is 15.6. The van der Waals surface area contributed by atoms with E-state index in [4.69, 9.17) is 27.9 Å². The highest BCUT2D eigenvalue weighted by Crippen LogP contribution is 2.24. The van der Waals surface area contributed by atoms with Gasteiger partial charge in [0.2, 0.25) is 0 Å². The summed E-state index contributed by atoms with van der Waals surface area (Å²) in [7, 11) is 0. The molecule has 0 atom stereocenters. The highest BCUT2D eigenvalue weighted by atomic mass is 35.5. The first kappa shape index (κ1) is 18.9. The fourth-order valence-electron chi connectivity index (χ4n) is 2.18. The van der Waals surface area contributed by atoms with Crippen LogP contribution in [-0.4, -0.2) is 12.5 Å². The molecule has 0 saturated carbocycles. The molecular formula is C20H15Cl2N3O2. The topological polar surface area (TPSA) is 63.0 Å². The molecule has 3 aromatic carbocycles. The molecule has 0 aliphatic heterocycles. The molecule has 0 radical (unpaired) electrons. The maximum atomic E-state index is 12.0. The smallest absolute Gasteiger partial charge is 0.262 e. The molecule has 0 saturated heterocycles. The van der Waals surface area contributed by atoms with E-state index >= 15 is 0 Å². The molecule has 1 N–H and O–H groups in total. The van der Waals surface area contributed by atoms with Gasteiger partial charge >= 0.3 is 0 Å². The van der Waals surface area contributed by atoms with E-state index in [-0.39, 0.29) is 12.5 Å². The number of hydrogen-bond donors (Lipinski definition) is 1. The number of amides is 1. The second-order valence-corrected chi connectivity index (χ2v) is 6.40. The lowest BCUT2D eigenvalue weighted by Crippen LogP contribution is -2.20. The predicted molar refractivity (Wildman–Crippen MR) is 108 cm³/mol. The Balaban J connectivity index is 1.53. The molecular weight excluding hydrogens is 385 g/mol. The van der Waals surface area contributed by atoms with Crippen LogP contribution in [0.25, 0.3) is 0 Å². The van der Waals surface area contributed by atoms with Gasteiger partial charge in [-0.05, 0) is 54.6 Å². The summed E-state index contributed by atoms with van der Waals surface area (Å²) in [6.07, 6.45) is 0. The van der Waals surface area contributed by atoms with Crippen LogP contribution in [0.1, 0.15) is 0 Å². The average molecular weight is 400 g/mol. The Bertz CT molecular complexity index is 925. The zero-order valence-electron chi connectivity index (χ0n) is 14.1. The summed E-state index contributed by atoms with van der Waals surface area (Å²) in [5, 5.41) is 11.9. The van der Waals surface area contributed by atoms with E-state index in [1.807, 2.05) is 30.3 Å². The van der Waals surface area contributed by atoms with Crippen LogP contribution >= 0.6 is 23.2 Å². The van der Waals surface area contributed by atoms with E-state index in [2.05, 4.69) is 15.5 Å². The van der Waals surface area contributed by atoms with Gasteiger partial charge in [0.05, 0.1) is 11.4 Å². The van der Waals surface area contributed by atoms with Crippen molar-refractivity contribution in [1.82, 2.24) is 0 Å². The molecule has 0 aromatic heterocycles. The number of halogens is 2. The van der Waals surface area contributed by atoms with E-state index in [1.54, 1.807) is 42.5 Å². The molecule has 0 fully saturated rings. The summed E-state index contributed by atoms with van der Waals surface area (Å²) in [5.74, 6) is 0.129. The first-order valence-corrected chi connectivity index (χ1v) is 8.80. The summed E-state index contributed by atoms with van der Waals surface area (Å²) in [6, 6.07) is 21.2. The molecule has 3 rings (SSSR count). The first-order valence-electron chi connectivity index (χ1n) is 8.04. The minimum Gasteiger partial charge on any atom is -0.484 e. The van der Waals surface area contributed by atoms with Gasteiger partial charge in [0, 0.05) is 15.7 Å². The number of carbonyl (C=O) groups excluding carboxylic acids is 1. The predicted octanol–water partition coefficient (Wildman–Crippen LogP) is 6.43. The van der Waals surface area contributed by atoms with Gasteiger partial charge < -0.3 is 10.1 Å². The Morgan fingerprint density at radius 3 is 2.07 bits per heavy atom. The lowest BCUT2D eigenvalue weighted by molar-refractivity contribution is -0.118. The van der Waals surface area contributed by atoms with Gasteiger partial charge in [-0.1, -0.05) is 41.4 Å². The molecule has 136 valence electrons. The van der Waals surface area contributed by atoms with E-state index in [9.17, 15) is 4.79 Å². The van der Waals surface area contributed by atoms with Crippen LogP contribution in [0.4, 0.5) is 17.1 Å². The van der Waals surface area contributed by atoms with Gasteiger partial charge in [-0.15, -0.1) is 0 Å². The number of ether oxygens (including phenoxy) is 1. The van der Waals surface area contributed by atoms with Crippen LogP contribution < -0.4 is 10.1 Å². The van der Waals surface area contributed by atoms with Crippen molar-refractivity contribution in [2.24, 2.45) is 10.2 Å². The Kier molecular flexibility index (Phi) is 6.41. The third kappa shape index (κ3) is 6.09. The zero-order chi connectivity index (χ0) is 19.1. The van der Waals surface area contributed by atoms with E-state index in [0.717, 1.165) is 5.69 Å². The number of anilines is 1. The van der Waals surface area contributed by atoms with Crippen molar-refractivity contribution >= 4 is 46.2 Å². The Labute approximate surface area is 166 Å². The molecule has 0 heterocycles. The van der Waals surface area contributed by atoms with E-state index < -0.39 is 0 Å². The van der Waals surface area contributed by atoms with E-state index in [1.165, 1.54) is 0 Å². The number of hydrogen-bond acceptors (Lipinski definition) is 4. The number of nitrogens with zero attached hydrogens (tertiary/aromatic N) is 2. The Hall–Kier alpha value is -2.89. The van der Waals surface area contributed by atoms with Gasteiger partial charge in [-0.25, -0.2) is 0 Å². The van der Waals surface area contributed by atoms with Gasteiger partial charge in [0.25, 0.3) is 5.91 Å². The van der Waals surface area contributed by atoms with Crippen molar-refractivity contribution < 1.29 is 9.53 Å². The minimum atomic E-state index is -0.301. The van der Waals surface area contributed by atoms with Crippen molar-refractivity contribution in [3.63, 3.8) is 0 Å². The number of rotatable bonds is 6. The molecule has 5 nitrogen and oxygen atoms in total. The van der Waals surface area contributed by atoms with Crippen molar-refractivity contribution in [1.29, 1.82) is 0 Å². The summed E-state index contributed by atoms with van der Waals surface area (Å²) < 4.78 is 5.40. The fraction of sp³-hybridized carbons (Fsp3) is 0.0500. The van der Waals surface area contributed by atoms with Crippen molar-refractivity contribution in [2.45, 2.75) is 0 Å². The summed E-state index contributed by atoms with van der Waals surface area (Å²) in [5.41, 5.74) is 2.08. The van der Waals surface area contributed by atoms with Gasteiger partial charge in [0.1, 0.15) is 5.75 Å². The fourth-order valence-corrected chi connectivity index (χ4v) is 2.69. The maximum absolute atomic E-state index is 12.0. The molecule has 0 aliphatic carbocycles. The quantitative estimate of drug-likeness (QED) is 0.485. The maximum Gasteiger partial charge on any atom is 0.262 e. The molecule has 0 spiro atoms. The van der Waals surface area contributed by atoms with Crippen LogP contribution in [0.5, 0.6) is 5.75 Å². The first-order chi connectivity index (χ1) is 13.1. The summed E-state index contributed by atoms with van der Waals surface area (Å²) in [6.45, 7) is -0.161. The molecule has 1 amide bonds. The summed E-state index contributed by atoms with van der Waals surface area (Å²) in [4.78, 5) is 12.0. The number of carbonyl (C=O) groups is 1. The second-order valence-electron chi connectivity index (χ2n) is 5.52. The van der Waals surface area contributed by atoms with Crippen molar-refractivity contribution in [3.8, 4) is 5.75 Å². The van der Waals surface area contributed by atoms with Crippen LogP contribution in [0.2, 0.25) is 10.0 Å². The van der Waals surface area contributed by atoms with Crippen LogP contribution in [0.3, 0.4) is 0 Å². The lowest BCUT2D eigenvalue weighted by atomic mass is 10.3. The van der Waals surface area contributed by atoms with Crippen molar-refractivity contribution in [3.05, 3.63) is 82.8 Å². The normalized spacial score (nSPS) is 10.7. The SMILES string of the molecule is O=C(COc1cc(Cl)cc(Cl)c1)Nc1ccc(N=Nc2ccccc2)cc1. The van der Waals surface area contributed by atoms with Crippen LogP contribution in [-0.2, 0) is 4.79 Å². The highest BCUT2D eigenvalue weighted by molar-refractivity contribution is 6.34. The average Bonchev–Trinajstić information content (AvgIpc) is 2.66. The molecule has 27 heavy (non-hydrogen) atoms. The molecule has 3 aromatic rings. The lowest BCUT2D eigenvalue weighted by Gasteiger charge is -2.08. The Morgan fingerprint density at radius 2 is 1.44 bits per heavy atom. The largest absolute Gasteiger partial charge is 0.484 e. The van der Waals surface area contributed by atoms with Gasteiger partial charge in [0.15, 0.2) is 6.61 Å². The number of benzene rings is 3. The number of nitrogens with one attached hydrogen (secondary N) is 1. The highest BCUT2D eigenvalue weighted by Gasteiger charge is 2.05. The minimum absolute atomic E-state index is 0.161. The molecule has 7 heteroatoms. The molecule has 0 aliphatic rings. The standard InChI is InChI=1S/C20H15Cl2N3O2/c21-14-10-15(22)12-19(11-14)27-13-20(26)23-16-6-8-18(9-7-16)25-24-17-4-2-1-3-5-17/h1-12H,13H2,(H,23,26). The van der Waals surface area contributed by atoms with Gasteiger partial charge in [-0.3, -0.25) is 4.79 Å². The number of azo groups is 1. The second kappa shape index (κ2) is 9.16. The van der Waals surface area contributed by atoms with Crippen LogP contribution in [0, 0.1) is 0 Å². The molecule has 0 bridgehead atoms. The van der Waals surface area contributed by atoms with Gasteiger partial charge in [-0.2, -0.15) is 10.2 Å². The van der Waals surface area contributed by atoms with E-state index in [0.29, 0.717) is 27.2 Å².